The van der Waals surface area contributed by atoms with E-state index in [-0.39, 0.29) is 0 Å². The molecular formula is C9H14N2OS. The van der Waals surface area contributed by atoms with Crippen LogP contribution in [0, 0.1) is 0 Å². The van der Waals surface area contributed by atoms with Crippen LogP contribution in [0.4, 0.5) is 5.13 Å². The molecule has 1 aromatic heterocycles. The average Bonchev–Trinajstić information content (AvgIpc) is 2.75. The molecule has 0 aliphatic carbocycles. The van der Waals surface area contributed by atoms with Gasteiger partial charge >= 0.3 is 0 Å². The molecule has 1 saturated heterocycles. The Hall–Kier alpha value is -0.610. The molecule has 72 valence electrons. The quantitative estimate of drug-likeness (QED) is 0.787. The van der Waals surface area contributed by atoms with E-state index >= 15 is 0 Å². The normalized spacial score (nSPS) is 19.4. The van der Waals surface area contributed by atoms with Crippen LogP contribution in [-0.2, 0) is 0 Å². The van der Waals surface area contributed by atoms with Crippen LogP contribution in [0.2, 0.25) is 0 Å². The summed E-state index contributed by atoms with van der Waals surface area (Å²) in [5.74, 6) is 0. The van der Waals surface area contributed by atoms with E-state index in [1.54, 1.807) is 18.3 Å². The third-order valence-electron chi connectivity index (χ3n) is 2.31. The fourth-order valence-corrected chi connectivity index (χ4v) is 2.49. The molecule has 0 saturated carbocycles. The van der Waals surface area contributed by atoms with Gasteiger partial charge in [0.1, 0.15) is 0 Å². The summed E-state index contributed by atoms with van der Waals surface area (Å²) in [6, 6.07) is 0. The molecule has 2 rings (SSSR count). The van der Waals surface area contributed by atoms with Crippen molar-refractivity contribution in [1.82, 2.24) is 4.98 Å². The molecule has 0 aromatic carbocycles. The van der Waals surface area contributed by atoms with Crippen molar-refractivity contribution in [1.29, 1.82) is 0 Å². The Kier molecular flexibility index (Phi) is 2.51. The summed E-state index contributed by atoms with van der Waals surface area (Å²) in [5, 5.41) is 12.3. The van der Waals surface area contributed by atoms with E-state index in [0.29, 0.717) is 0 Å². The van der Waals surface area contributed by atoms with Gasteiger partial charge in [-0.05, 0) is 19.8 Å². The maximum absolute atomic E-state index is 9.31. The number of hydrogen-bond donors (Lipinski definition) is 1. The van der Waals surface area contributed by atoms with Crippen LogP contribution in [-0.4, -0.2) is 23.2 Å². The standard InChI is InChI=1S/C9H14N2OS/c1-7(12)8-6-13-9(10-8)11-4-2-3-5-11/h6-7,12H,2-5H2,1H3. The van der Waals surface area contributed by atoms with Gasteiger partial charge in [0.2, 0.25) is 0 Å². The summed E-state index contributed by atoms with van der Waals surface area (Å²) in [6.07, 6.45) is 2.10. The Morgan fingerprint density at radius 1 is 1.54 bits per heavy atom. The van der Waals surface area contributed by atoms with Crippen LogP contribution < -0.4 is 4.90 Å². The molecule has 3 nitrogen and oxygen atoms in total. The van der Waals surface area contributed by atoms with Gasteiger partial charge in [-0.25, -0.2) is 4.98 Å². The minimum atomic E-state index is -0.437. The average molecular weight is 198 g/mol. The first-order valence-electron chi connectivity index (χ1n) is 4.66. The summed E-state index contributed by atoms with van der Waals surface area (Å²) in [7, 11) is 0. The Morgan fingerprint density at radius 3 is 2.77 bits per heavy atom. The zero-order valence-electron chi connectivity index (χ0n) is 7.73. The monoisotopic (exact) mass is 198 g/mol. The molecule has 0 bridgehead atoms. The fourth-order valence-electron chi connectivity index (χ4n) is 1.52. The minimum absolute atomic E-state index is 0.437. The molecule has 1 atom stereocenters. The van der Waals surface area contributed by atoms with Gasteiger partial charge in [-0.2, -0.15) is 0 Å². The van der Waals surface area contributed by atoms with Gasteiger partial charge in [0, 0.05) is 18.5 Å². The van der Waals surface area contributed by atoms with Crippen molar-refractivity contribution in [2.24, 2.45) is 0 Å². The van der Waals surface area contributed by atoms with Gasteiger partial charge in [0.25, 0.3) is 0 Å². The molecule has 4 heteroatoms. The second kappa shape index (κ2) is 3.64. The molecule has 1 aliphatic heterocycles. The van der Waals surface area contributed by atoms with Crippen molar-refractivity contribution >= 4 is 16.5 Å². The molecular weight excluding hydrogens is 184 g/mol. The molecule has 0 amide bonds. The first-order chi connectivity index (χ1) is 6.27. The van der Waals surface area contributed by atoms with Crippen molar-refractivity contribution in [3.63, 3.8) is 0 Å². The smallest absolute Gasteiger partial charge is 0.185 e. The zero-order valence-corrected chi connectivity index (χ0v) is 8.55. The number of aromatic nitrogens is 1. The van der Waals surface area contributed by atoms with E-state index in [2.05, 4.69) is 9.88 Å². The first-order valence-corrected chi connectivity index (χ1v) is 5.54. The number of aliphatic hydroxyl groups excluding tert-OH is 1. The summed E-state index contributed by atoms with van der Waals surface area (Å²) >= 11 is 1.63. The van der Waals surface area contributed by atoms with E-state index < -0.39 is 6.10 Å². The van der Waals surface area contributed by atoms with Gasteiger partial charge in [-0.1, -0.05) is 0 Å². The number of anilines is 1. The molecule has 1 aromatic rings. The van der Waals surface area contributed by atoms with Gasteiger partial charge in [0.05, 0.1) is 11.8 Å². The largest absolute Gasteiger partial charge is 0.387 e. The SMILES string of the molecule is CC(O)c1csc(N2CCCC2)n1. The van der Waals surface area contributed by atoms with Crippen molar-refractivity contribution in [3.05, 3.63) is 11.1 Å². The van der Waals surface area contributed by atoms with Crippen molar-refractivity contribution < 1.29 is 5.11 Å². The molecule has 1 unspecified atom stereocenters. The Bertz CT molecular complexity index is 279. The summed E-state index contributed by atoms with van der Waals surface area (Å²) in [4.78, 5) is 6.67. The third-order valence-corrected chi connectivity index (χ3v) is 3.23. The number of rotatable bonds is 2. The van der Waals surface area contributed by atoms with E-state index in [4.69, 9.17) is 0 Å². The number of hydrogen-bond acceptors (Lipinski definition) is 4. The minimum Gasteiger partial charge on any atom is -0.387 e. The predicted octanol–water partition coefficient (Wildman–Crippen LogP) is 1.80. The van der Waals surface area contributed by atoms with E-state index in [1.807, 2.05) is 5.38 Å². The highest BCUT2D eigenvalue weighted by Crippen LogP contribution is 2.26. The highest BCUT2D eigenvalue weighted by atomic mass is 32.1. The van der Waals surface area contributed by atoms with E-state index in [0.717, 1.165) is 23.9 Å². The van der Waals surface area contributed by atoms with E-state index in [9.17, 15) is 5.11 Å². The molecule has 1 aliphatic rings. The van der Waals surface area contributed by atoms with Gasteiger partial charge < -0.3 is 10.0 Å². The first kappa shape index (κ1) is 8.97. The van der Waals surface area contributed by atoms with Crippen LogP contribution in [0.25, 0.3) is 0 Å². The predicted molar refractivity (Wildman–Crippen MR) is 54.2 cm³/mol. The number of aliphatic hydroxyl groups is 1. The fraction of sp³-hybridized carbons (Fsp3) is 0.667. The van der Waals surface area contributed by atoms with Crippen LogP contribution in [0.15, 0.2) is 5.38 Å². The maximum Gasteiger partial charge on any atom is 0.185 e. The molecule has 1 fully saturated rings. The Balaban J connectivity index is 2.12. The highest BCUT2D eigenvalue weighted by Gasteiger charge is 2.16. The van der Waals surface area contributed by atoms with Crippen LogP contribution in [0.1, 0.15) is 31.6 Å². The third kappa shape index (κ3) is 1.84. The summed E-state index contributed by atoms with van der Waals surface area (Å²) in [5.41, 5.74) is 0.798. The van der Waals surface area contributed by atoms with E-state index in [1.165, 1.54) is 12.8 Å². The van der Waals surface area contributed by atoms with Crippen LogP contribution in [0.3, 0.4) is 0 Å². The zero-order chi connectivity index (χ0) is 9.26. The van der Waals surface area contributed by atoms with Crippen LogP contribution >= 0.6 is 11.3 Å². The Morgan fingerprint density at radius 2 is 2.23 bits per heavy atom. The lowest BCUT2D eigenvalue weighted by Gasteiger charge is -2.12. The van der Waals surface area contributed by atoms with Gasteiger partial charge in [-0.3, -0.25) is 0 Å². The lowest BCUT2D eigenvalue weighted by Crippen LogP contribution is -2.17. The topological polar surface area (TPSA) is 36.4 Å². The van der Waals surface area contributed by atoms with Crippen LogP contribution in [0.5, 0.6) is 0 Å². The van der Waals surface area contributed by atoms with Crippen molar-refractivity contribution in [3.8, 4) is 0 Å². The molecule has 2 heterocycles. The Labute approximate surface area is 82.0 Å². The highest BCUT2D eigenvalue weighted by molar-refractivity contribution is 7.13. The summed E-state index contributed by atoms with van der Waals surface area (Å²) < 4.78 is 0. The second-order valence-corrected chi connectivity index (χ2v) is 4.26. The second-order valence-electron chi connectivity index (χ2n) is 3.43. The summed E-state index contributed by atoms with van der Waals surface area (Å²) in [6.45, 7) is 3.99. The van der Waals surface area contributed by atoms with Gasteiger partial charge in [-0.15, -0.1) is 11.3 Å². The molecule has 0 radical (unpaired) electrons. The number of thiazole rings is 1. The van der Waals surface area contributed by atoms with Crippen molar-refractivity contribution in [2.45, 2.75) is 25.9 Å². The number of nitrogens with zero attached hydrogens (tertiary/aromatic N) is 2. The lowest BCUT2D eigenvalue weighted by molar-refractivity contribution is 0.195. The van der Waals surface area contributed by atoms with Gasteiger partial charge in [0.15, 0.2) is 5.13 Å². The van der Waals surface area contributed by atoms with Crippen molar-refractivity contribution in [2.75, 3.05) is 18.0 Å². The lowest BCUT2D eigenvalue weighted by atomic mass is 10.3. The molecule has 0 spiro atoms. The molecule has 1 N–H and O–H groups in total. The molecule has 13 heavy (non-hydrogen) atoms. The maximum atomic E-state index is 9.31.